The molecule has 0 atom stereocenters. The third-order valence-corrected chi connectivity index (χ3v) is 5.05. The molecule has 4 rings (SSSR count). The van der Waals surface area contributed by atoms with Gasteiger partial charge in [-0.15, -0.1) is 0 Å². The van der Waals surface area contributed by atoms with Crippen LogP contribution in [0, 0.1) is 18.6 Å². The molecule has 2 aromatic heterocycles. The SMILES string of the molecule is Cc1nn(C)cc1CN1CCN(c2nccnc2-c2ccc(F)cc2F)CC1. The van der Waals surface area contributed by atoms with Gasteiger partial charge < -0.3 is 4.90 Å². The molecule has 8 heteroatoms. The Morgan fingerprint density at radius 1 is 1.04 bits per heavy atom. The summed E-state index contributed by atoms with van der Waals surface area (Å²) in [4.78, 5) is 13.2. The molecule has 0 saturated carbocycles. The molecule has 3 heterocycles. The van der Waals surface area contributed by atoms with Crippen molar-refractivity contribution in [1.29, 1.82) is 0 Å². The first-order valence-corrected chi connectivity index (χ1v) is 9.24. The Bertz CT molecular complexity index is 979. The largest absolute Gasteiger partial charge is 0.352 e. The molecule has 3 aromatic rings. The third kappa shape index (κ3) is 3.73. The van der Waals surface area contributed by atoms with Crippen molar-refractivity contribution in [2.75, 3.05) is 31.1 Å². The van der Waals surface area contributed by atoms with Gasteiger partial charge in [0.1, 0.15) is 17.3 Å². The van der Waals surface area contributed by atoms with Crippen molar-refractivity contribution in [2.24, 2.45) is 7.05 Å². The molecule has 1 aliphatic rings. The van der Waals surface area contributed by atoms with E-state index in [9.17, 15) is 8.78 Å². The molecule has 28 heavy (non-hydrogen) atoms. The molecule has 1 aliphatic heterocycles. The van der Waals surface area contributed by atoms with E-state index in [-0.39, 0.29) is 5.56 Å². The molecular formula is C20H22F2N6. The van der Waals surface area contributed by atoms with Crippen LogP contribution < -0.4 is 4.90 Å². The van der Waals surface area contributed by atoms with Crippen molar-refractivity contribution >= 4 is 5.82 Å². The summed E-state index contributed by atoms with van der Waals surface area (Å²) in [6.45, 7) is 6.11. The van der Waals surface area contributed by atoms with Gasteiger partial charge in [0.05, 0.1) is 5.69 Å². The van der Waals surface area contributed by atoms with Crippen LogP contribution in [-0.4, -0.2) is 50.8 Å². The minimum absolute atomic E-state index is 0.262. The number of aromatic nitrogens is 4. The number of nitrogens with zero attached hydrogens (tertiary/aromatic N) is 6. The highest BCUT2D eigenvalue weighted by Crippen LogP contribution is 2.29. The number of aryl methyl sites for hydroxylation is 2. The van der Waals surface area contributed by atoms with E-state index >= 15 is 0 Å². The average Bonchev–Trinajstić information content (AvgIpc) is 2.99. The fraction of sp³-hybridized carbons (Fsp3) is 0.350. The molecule has 0 N–H and O–H groups in total. The zero-order chi connectivity index (χ0) is 19.7. The van der Waals surface area contributed by atoms with Crippen molar-refractivity contribution in [1.82, 2.24) is 24.6 Å². The van der Waals surface area contributed by atoms with E-state index in [1.54, 1.807) is 6.20 Å². The molecule has 0 aliphatic carbocycles. The minimum Gasteiger partial charge on any atom is -0.352 e. The van der Waals surface area contributed by atoms with Crippen LogP contribution in [0.2, 0.25) is 0 Å². The van der Waals surface area contributed by atoms with Gasteiger partial charge >= 0.3 is 0 Å². The van der Waals surface area contributed by atoms with E-state index in [1.165, 1.54) is 23.9 Å². The second-order valence-electron chi connectivity index (χ2n) is 7.03. The normalized spacial score (nSPS) is 15.2. The average molecular weight is 384 g/mol. The molecule has 0 spiro atoms. The monoisotopic (exact) mass is 384 g/mol. The standard InChI is InChI=1S/C20H22F2N6/c1-14-15(12-26(2)25-14)13-27-7-9-28(10-8-27)20-19(23-5-6-24-20)17-4-3-16(21)11-18(17)22/h3-6,11-12H,7-10,13H2,1-2H3. The van der Waals surface area contributed by atoms with Crippen LogP contribution in [0.1, 0.15) is 11.3 Å². The quantitative estimate of drug-likeness (QED) is 0.692. The van der Waals surface area contributed by atoms with E-state index in [0.717, 1.165) is 44.5 Å². The molecule has 146 valence electrons. The van der Waals surface area contributed by atoms with E-state index in [2.05, 4.69) is 31.1 Å². The van der Waals surface area contributed by atoms with Crippen LogP contribution >= 0.6 is 0 Å². The number of hydrogen-bond donors (Lipinski definition) is 0. The van der Waals surface area contributed by atoms with Crippen LogP contribution in [0.5, 0.6) is 0 Å². The molecule has 0 unspecified atom stereocenters. The van der Waals surface area contributed by atoms with E-state index in [1.807, 2.05) is 18.7 Å². The molecule has 0 amide bonds. The lowest BCUT2D eigenvalue weighted by Gasteiger charge is -2.35. The summed E-state index contributed by atoms with van der Waals surface area (Å²) in [6.07, 6.45) is 5.19. The maximum absolute atomic E-state index is 14.3. The first-order chi connectivity index (χ1) is 13.5. The van der Waals surface area contributed by atoms with Crippen LogP contribution in [0.3, 0.4) is 0 Å². The van der Waals surface area contributed by atoms with Crippen LogP contribution in [0.15, 0.2) is 36.8 Å². The Morgan fingerprint density at radius 3 is 2.46 bits per heavy atom. The number of anilines is 1. The zero-order valence-corrected chi connectivity index (χ0v) is 15.9. The van der Waals surface area contributed by atoms with Gasteiger partial charge in [-0.05, 0) is 19.1 Å². The first-order valence-electron chi connectivity index (χ1n) is 9.24. The maximum Gasteiger partial charge on any atom is 0.155 e. The van der Waals surface area contributed by atoms with Crippen molar-refractivity contribution in [2.45, 2.75) is 13.5 Å². The Morgan fingerprint density at radius 2 is 1.79 bits per heavy atom. The fourth-order valence-corrected chi connectivity index (χ4v) is 3.60. The van der Waals surface area contributed by atoms with E-state index in [0.29, 0.717) is 11.5 Å². The molecule has 1 fully saturated rings. The first kappa shape index (κ1) is 18.5. The topological polar surface area (TPSA) is 50.1 Å². The second-order valence-corrected chi connectivity index (χ2v) is 7.03. The summed E-state index contributed by atoms with van der Waals surface area (Å²) < 4.78 is 29.4. The molecule has 1 aromatic carbocycles. The van der Waals surface area contributed by atoms with Gasteiger partial charge in [0, 0.05) is 75.6 Å². The highest BCUT2D eigenvalue weighted by molar-refractivity contribution is 5.72. The van der Waals surface area contributed by atoms with Crippen LogP contribution in [-0.2, 0) is 13.6 Å². The Balaban J connectivity index is 1.50. The lowest BCUT2D eigenvalue weighted by Crippen LogP contribution is -2.46. The highest BCUT2D eigenvalue weighted by atomic mass is 19.1. The van der Waals surface area contributed by atoms with Crippen LogP contribution in [0.4, 0.5) is 14.6 Å². The third-order valence-electron chi connectivity index (χ3n) is 5.05. The number of hydrogen-bond acceptors (Lipinski definition) is 5. The molecule has 0 bridgehead atoms. The molecule has 0 radical (unpaired) electrons. The van der Waals surface area contributed by atoms with Crippen LogP contribution in [0.25, 0.3) is 11.3 Å². The Hall–Kier alpha value is -2.87. The second kappa shape index (κ2) is 7.63. The van der Waals surface area contributed by atoms with Gasteiger partial charge in [0.15, 0.2) is 5.82 Å². The van der Waals surface area contributed by atoms with Crippen molar-refractivity contribution in [3.05, 3.63) is 59.7 Å². The molecular weight excluding hydrogens is 362 g/mol. The molecule has 1 saturated heterocycles. The molecule has 6 nitrogen and oxygen atoms in total. The predicted octanol–water partition coefficient (Wildman–Crippen LogP) is 2.79. The Labute approximate surface area is 162 Å². The fourth-order valence-electron chi connectivity index (χ4n) is 3.60. The maximum atomic E-state index is 14.3. The van der Waals surface area contributed by atoms with E-state index in [4.69, 9.17) is 0 Å². The lowest BCUT2D eigenvalue weighted by molar-refractivity contribution is 0.249. The number of benzene rings is 1. The lowest BCUT2D eigenvalue weighted by atomic mass is 10.1. The van der Waals surface area contributed by atoms with Crippen molar-refractivity contribution < 1.29 is 8.78 Å². The van der Waals surface area contributed by atoms with Gasteiger partial charge in [0.25, 0.3) is 0 Å². The zero-order valence-electron chi connectivity index (χ0n) is 15.9. The van der Waals surface area contributed by atoms with Crippen molar-refractivity contribution in [3.63, 3.8) is 0 Å². The van der Waals surface area contributed by atoms with Crippen molar-refractivity contribution in [3.8, 4) is 11.3 Å². The summed E-state index contributed by atoms with van der Waals surface area (Å²) in [5, 5.41) is 4.40. The summed E-state index contributed by atoms with van der Waals surface area (Å²) in [5.41, 5.74) is 2.98. The number of rotatable bonds is 4. The summed E-state index contributed by atoms with van der Waals surface area (Å²) >= 11 is 0. The smallest absolute Gasteiger partial charge is 0.155 e. The van der Waals surface area contributed by atoms with Gasteiger partial charge in [-0.25, -0.2) is 13.8 Å². The van der Waals surface area contributed by atoms with Gasteiger partial charge in [-0.1, -0.05) is 0 Å². The summed E-state index contributed by atoms with van der Waals surface area (Å²) in [7, 11) is 1.93. The van der Waals surface area contributed by atoms with Gasteiger partial charge in [0.2, 0.25) is 0 Å². The summed E-state index contributed by atoms with van der Waals surface area (Å²) in [6, 6.07) is 3.53. The minimum atomic E-state index is -0.632. The number of piperazine rings is 1. The predicted molar refractivity (Wildman–Crippen MR) is 103 cm³/mol. The highest BCUT2D eigenvalue weighted by Gasteiger charge is 2.23. The number of halogens is 2. The van der Waals surface area contributed by atoms with E-state index < -0.39 is 11.6 Å². The Kier molecular flexibility index (Phi) is 5.04. The van der Waals surface area contributed by atoms with Gasteiger partial charge in [-0.2, -0.15) is 5.10 Å². The van der Waals surface area contributed by atoms with Gasteiger partial charge in [-0.3, -0.25) is 14.6 Å². The summed E-state index contributed by atoms with van der Waals surface area (Å²) in [5.74, 6) is -0.608.